The number of benzene rings is 1. The lowest BCUT2D eigenvalue weighted by Gasteiger charge is -2.34. The molecule has 0 aromatic heterocycles. The number of Topliss-reactive ketones (excluding diaryl/α,β-unsaturated/α-hetero) is 1. The zero-order chi connectivity index (χ0) is 16.1. The van der Waals surface area contributed by atoms with Gasteiger partial charge in [-0.05, 0) is 18.9 Å². The molecule has 3 rings (SSSR count). The minimum absolute atomic E-state index is 0.0835. The smallest absolute Gasteiger partial charge is 0.336 e. The molecule has 1 spiro atoms. The molecule has 1 aliphatic heterocycles. The SMILES string of the molecule is CCc1c(OC)cc2c(c1O)C(=O)CCC21CC(O)C(=O)O1. The van der Waals surface area contributed by atoms with Crippen molar-refractivity contribution in [3.63, 3.8) is 0 Å². The molecule has 6 nitrogen and oxygen atoms in total. The number of aromatic hydroxyl groups is 1. The van der Waals surface area contributed by atoms with Gasteiger partial charge < -0.3 is 19.7 Å². The monoisotopic (exact) mass is 306 g/mol. The van der Waals surface area contributed by atoms with Crippen LogP contribution >= 0.6 is 0 Å². The summed E-state index contributed by atoms with van der Waals surface area (Å²) in [5.74, 6) is -0.546. The van der Waals surface area contributed by atoms with Crippen LogP contribution in [0.3, 0.4) is 0 Å². The van der Waals surface area contributed by atoms with Crippen molar-refractivity contribution in [2.24, 2.45) is 0 Å². The van der Waals surface area contributed by atoms with Gasteiger partial charge in [0.1, 0.15) is 17.1 Å². The fourth-order valence-electron chi connectivity index (χ4n) is 3.44. The van der Waals surface area contributed by atoms with Gasteiger partial charge in [-0.3, -0.25) is 4.79 Å². The number of phenols is 1. The van der Waals surface area contributed by atoms with Gasteiger partial charge in [-0.2, -0.15) is 0 Å². The summed E-state index contributed by atoms with van der Waals surface area (Å²) in [5, 5.41) is 20.2. The van der Waals surface area contributed by atoms with E-state index in [1.165, 1.54) is 7.11 Å². The second-order valence-electron chi connectivity index (χ2n) is 5.74. The molecule has 2 aliphatic rings. The first-order valence-electron chi connectivity index (χ1n) is 7.31. The predicted octanol–water partition coefficient (Wildman–Crippen LogP) is 1.44. The molecule has 1 aromatic carbocycles. The van der Waals surface area contributed by atoms with E-state index in [-0.39, 0.29) is 29.9 Å². The fraction of sp³-hybridized carbons (Fsp3) is 0.500. The van der Waals surface area contributed by atoms with Crippen molar-refractivity contribution in [2.45, 2.75) is 44.3 Å². The van der Waals surface area contributed by atoms with E-state index >= 15 is 0 Å². The van der Waals surface area contributed by atoms with Crippen molar-refractivity contribution in [3.05, 3.63) is 22.8 Å². The molecule has 2 atom stereocenters. The van der Waals surface area contributed by atoms with E-state index < -0.39 is 17.7 Å². The number of aliphatic hydroxyl groups is 1. The molecule has 1 fully saturated rings. The average Bonchev–Trinajstić information content (AvgIpc) is 2.78. The summed E-state index contributed by atoms with van der Waals surface area (Å²) in [5.41, 5.74) is 0.110. The Bertz CT molecular complexity index is 665. The highest BCUT2D eigenvalue weighted by atomic mass is 16.6. The topological polar surface area (TPSA) is 93.1 Å². The van der Waals surface area contributed by atoms with E-state index in [0.29, 0.717) is 29.7 Å². The van der Waals surface area contributed by atoms with Crippen molar-refractivity contribution in [2.75, 3.05) is 7.11 Å². The summed E-state index contributed by atoms with van der Waals surface area (Å²) in [6.45, 7) is 1.85. The Labute approximate surface area is 127 Å². The molecule has 0 radical (unpaired) electrons. The highest BCUT2D eigenvalue weighted by molar-refractivity contribution is 6.02. The Balaban J connectivity index is 2.25. The number of rotatable bonds is 2. The Hall–Kier alpha value is -2.08. The lowest BCUT2D eigenvalue weighted by Crippen LogP contribution is -2.33. The largest absolute Gasteiger partial charge is 0.507 e. The number of methoxy groups -OCH3 is 1. The number of ether oxygens (including phenoxy) is 2. The highest BCUT2D eigenvalue weighted by Gasteiger charge is 2.52. The van der Waals surface area contributed by atoms with Crippen LogP contribution in [0.2, 0.25) is 0 Å². The van der Waals surface area contributed by atoms with Gasteiger partial charge >= 0.3 is 5.97 Å². The first-order chi connectivity index (χ1) is 10.4. The molecular formula is C16H18O6. The van der Waals surface area contributed by atoms with Crippen LogP contribution in [0, 0.1) is 0 Å². The van der Waals surface area contributed by atoms with Crippen molar-refractivity contribution in [1.29, 1.82) is 0 Å². The van der Waals surface area contributed by atoms with Crippen LogP contribution in [0.25, 0.3) is 0 Å². The predicted molar refractivity (Wildman–Crippen MR) is 76.0 cm³/mol. The third-order valence-electron chi connectivity index (χ3n) is 4.56. The number of hydrogen-bond donors (Lipinski definition) is 2. The first-order valence-corrected chi connectivity index (χ1v) is 7.31. The molecule has 118 valence electrons. The maximum Gasteiger partial charge on any atom is 0.336 e. The molecule has 1 aliphatic carbocycles. The Morgan fingerprint density at radius 2 is 2.18 bits per heavy atom. The van der Waals surface area contributed by atoms with E-state index in [9.17, 15) is 19.8 Å². The maximum atomic E-state index is 12.3. The van der Waals surface area contributed by atoms with Gasteiger partial charge in [0, 0.05) is 24.0 Å². The Morgan fingerprint density at radius 1 is 1.45 bits per heavy atom. The van der Waals surface area contributed by atoms with E-state index in [2.05, 4.69) is 0 Å². The summed E-state index contributed by atoms with van der Waals surface area (Å²) in [7, 11) is 1.48. The lowest BCUT2D eigenvalue weighted by molar-refractivity contribution is -0.154. The summed E-state index contributed by atoms with van der Waals surface area (Å²) in [6.07, 6.45) is -0.156. The van der Waals surface area contributed by atoms with Crippen molar-refractivity contribution in [3.8, 4) is 11.5 Å². The van der Waals surface area contributed by atoms with Crippen LogP contribution in [-0.2, 0) is 21.6 Å². The number of phenolic OH excluding ortho intramolecular Hbond substituents is 1. The van der Waals surface area contributed by atoms with Crippen LogP contribution in [0.4, 0.5) is 0 Å². The normalized spacial score (nSPS) is 27.0. The molecule has 1 heterocycles. The first kappa shape index (κ1) is 14.8. The van der Waals surface area contributed by atoms with E-state index in [1.807, 2.05) is 6.92 Å². The van der Waals surface area contributed by atoms with Crippen LogP contribution in [0.5, 0.6) is 11.5 Å². The molecule has 6 heteroatoms. The maximum absolute atomic E-state index is 12.3. The molecule has 1 aromatic rings. The molecular weight excluding hydrogens is 288 g/mol. The zero-order valence-corrected chi connectivity index (χ0v) is 12.5. The van der Waals surface area contributed by atoms with Crippen LogP contribution in [-0.4, -0.2) is 35.2 Å². The quantitative estimate of drug-likeness (QED) is 0.803. The molecule has 0 bridgehead atoms. The second kappa shape index (κ2) is 4.98. The summed E-state index contributed by atoms with van der Waals surface area (Å²) >= 11 is 0. The Kier molecular flexibility index (Phi) is 3.36. The van der Waals surface area contributed by atoms with Gasteiger partial charge in [-0.15, -0.1) is 0 Å². The number of fused-ring (bicyclic) bond motifs is 2. The van der Waals surface area contributed by atoms with E-state index in [4.69, 9.17) is 9.47 Å². The number of esters is 1. The van der Waals surface area contributed by atoms with E-state index in [0.717, 1.165) is 0 Å². The number of carbonyl (C=O) groups is 2. The Morgan fingerprint density at radius 3 is 2.73 bits per heavy atom. The number of carbonyl (C=O) groups excluding carboxylic acids is 2. The van der Waals surface area contributed by atoms with Crippen LogP contribution < -0.4 is 4.74 Å². The van der Waals surface area contributed by atoms with Gasteiger partial charge in [0.05, 0.1) is 12.7 Å². The lowest BCUT2D eigenvalue weighted by atomic mass is 9.75. The van der Waals surface area contributed by atoms with Gasteiger partial charge in [0.2, 0.25) is 0 Å². The standard InChI is InChI=1S/C16H18O6/c1-3-8-12(21-2)6-9-13(14(8)19)10(17)4-5-16(9)7-11(18)15(20)22-16/h6,11,18-19H,3-5,7H2,1-2H3. The molecule has 0 saturated carbocycles. The van der Waals surface area contributed by atoms with Gasteiger partial charge in [0.15, 0.2) is 11.9 Å². The van der Waals surface area contributed by atoms with E-state index in [1.54, 1.807) is 6.07 Å². The third kappa shape index (κ3) is 1.90. The molecule has 22 heavy (non-hydrogen) atoms. The minimum Gasteiger partial charge on any atom is -0.507 e. The zero-order valence-electron chi connectivity index (χ0n) is 12.5. The van der Waals surface area contributed by atoms with Gasteiger partial charge in [0.25, 0.3) is 0 Å². The van der Waals surface area contributed by atoms with Crippen LogP contribution in [0.15, 0.2) is 6.07 Å². The number of aliphatic hydroxyl groups excluding tert-OH is 1. The minimum atomic E-state index is -1.21. The molecule has 1 saturated heterocycles. The fourth-order valence-corrected chi connectivity index (χ4v) is 3.44. The summed E-state index contributed by atoms with van der Waals surface area (Å²) in [6, 6.07) is 1.65. The highest BCUT2D eigenvalue weighted by Crippen LogP contribution is 2.50. The molecule has 0 amide bonds. The molecule has 2 unspecified atom stereocenters. The van der Waals surface area contributed by atoms with Gasteiger partial charge in [-0.1, -0.05) is 6.92 Å². The molecule has 2 N–H and O–H groups in total. The summed E-state index contributed by atoms with van der Waals surface area (Å²) < 4.78 is 10.7. The van der Waals surface area contributed by atoms with Gasteiger partial charge in [-0.25, -0.2) is 4.79 Å². The van der Waals surface area contributed by atoms with Crippen molar-refractivity contribution >= 4 is 11.8 Å². The third-order valence-corrected chi connectivity index (χ3v) is 4.56. The number of hydrogen-bond acceptors (Lipinski definition) is 6. The number of ketones is 1. The average molecular weight is 306 g/mol. The van der Waals surface area contributed by atoms with Crippen molar-refractivity contribution < 1.29 is 29.3 Å². The second-order valence-corrected chi connectivity index (χ2v) is 5.74. The van der Waals surface area contributed by atoms with Crippen LogP contribution in [0.1, 0.15) is 47.7 Å². The van der Waals surface area contributed by atoms with Crippen molar-refractivity contribution in [1.82, 2.24) is 0 Å². The summed E-state index contributed by atoms with van der Waals surface area (Å²) in [4.78, 5) is 23.9.